The van der Waals surface area contributed by atoms with Crippen molar-refractivity contribution < 1.29 is 4.79 Å². The third-order valence-electron chi connectivity index (χ3n) is 3.29. The van der Waals surface area contributed by atoms with E-state index in [0.717, 1.165) is 17.5 Å². The molecule has 118 valence electrons. The number of amides is 2. The molecule has 1 aromatic heterocycles. The van der Waals surface area contributed by atoms with Crippen LogP contribution in [-0.2, 0) is 13.1 Å². The molecule has 0 radical (unpaired) electrons. The van der Waals surface area contributed by atoms with Crippen LogP contribution in [0.4, 0.5) is 4.79 Å². The predicted octanol–water partition coefficient (Wildman–Crippen LogP) is 2.17. The van der Waals surface area contributed by atoms with E-state index in [9.17, 15) is 4.79 Å². The van der Waals surface area contributed by atoms with Crippen molar-refractivity contribution >= 4 is 6.03 Å². The second-order valence-electron chi connectivity index (χ2n) is 5.70. The zero-order valence-corrected chi connectivity index (χ0v) is 13.1. The van der Waals surface area contributed by atoms with Crippen molar-refractivity contribution in [1.29, 1.82) is 0 Å². The lowest BCUT2D eigenvalue weighted by molar-refractivity contribution is 0.240. The van der Waals surface area contributed by atoms with E-state index in [1.165, 1.54) is 6.33 Å². The number of rotatable bonds is 7. The highest BCUT2D eigenvalue weighted by Gasteiger charge is 2.02. The normalized spacial score (nSPS) is 10.7. The molecule has 0 saturated heterocycles. The fourth-order valence-electron chi connectivity index (χ4n) is 1.98. The molecule has 0 atom stereocenters. The first-order valence-corrected chi connectivity index (χ1v) is 7.55. The van der Waals surface area contributed by atoms with E-state index < -0.39 is 0 Å². The van der Waals surface area contributed by atoms with Crippen LogP contribution in [0.1, 0.15) is 31.4 Å². The summed E-state index contributed by atoms with van der Waals surface area (Å²) in [6.07, 6.45) is 4.21. The summed E-state index contributed by atoms with van der Waals surface area (Å²) in [6.45, 7) is 6.21. The Kier molecular flexibility index (Phi) is 5.94. The Hall–Kier alpha value is -2.37. The molecule has 0 aliphatic heterocycles. The fraction of sp³-hybridized carbons (Fsp3) is 0.438. The van der Waals surface area contributed by atoms with Gasteiger partial charge >= 0.3 is 6.03 Å². The van der Waals surface area contributed by atoms with Crippen LogP contribution in [-0.4, -0.2) is 27.3 Å². The monoisotopic (exact) mass is 301 g/mol. The molecule has 6 nitrogen and oxygen atoms in total. The lowest BCUT2D eigenvalue weighted by Crippen LogP contribution is -2.35. The lowest BCUT2D eigenvalue weighted by atomic mass is 10.1. The predicted molar refractivity (Wildman–Crippen MR) is 85.3 cm³/mol. The number of carbonyl (C=O) groups is 1. The maximum Gasteiger partial charge on any atom is 0.315 e. The van der Waals surface area contributed by atoms with E-state index in [2.05, 4.69) is 34.6 Å². The van der Waals surface area contributed by atoms with E-state index in [0.29, 0.717) is 25.6 Å². The Balaban J connectivity index is 1.73. The van der Waals surface area contributed by atoms with E-state index in [4.69, 9.17) is 0 Å². The van der Waals surface area contributed by atoms with Gasteiger partial charge in [-0.1, -0.05) is 38.1 Å². The van der Waals surface area contributed by atoms with Crippen LogP contribution in [0.2, 0.25) is 0 Å². The Labute approximate surface area is 130 Å². The summed E-state index contributed by atoms with van der Waals surface area (Å²) >= 11 is 0. The van der Waals surface area contributed by atoms with Crippen molar-refractivity contribution in [3.05, 3.63) is 48.0 Å². The SMILES string of the molecule is CC(C)CCNC(=O)NCc1ccc(Cn2cncn2)cc1. The van der Waals surface area contributed by atoms with E-state index in [1.807, 2.05) is 24.3 Å². The highest BCUT2D eigenvalue weighted by Crippen LogP contribution is 2.05. The molecule has 0 spiro atoms. The molecule has 0 bridgehead atoms. The Morgan fingerprint density at radius 1 is 1.18 bits per heavy atom. The lowest BCUT2D eigenvalue weighted by Gasteiger charge is -2.09. The van der Waals surface area contributed by atoms with Gasteiger partial charge in [0, 0.05) is 13.1 Å². The van der Waals surface area contributed by atoms with Gasteiger partial charge in [0.1, 0.15) is 12.7 Å². The number of nitrogens with zero attached hydrogens (tertiary/aromatic N) is 3. The highest BCUT2D eigenvalue weighted by atomic mass is 16.2. The molecule has 2 rings (SSSR count). The number of carbonyl (C=O) groups excluding carboxylic acids is 1. The summed E-state index contributed by atoms with van der Waals surface area (Å²) in [6, 6.07) is 7.99. The summed E-state index contributed by atoms with van der Waals surface area (Å²) in [5.41, 5.74) is 2.22. The molecule has 2 N–H and O–H groups in total. The van der Waals surface area contributed by atoms with Crippen molar-refractivity contribution in [2.24, 2.45) is 5.92 Å². The number of aromatic nitrogens is 3. The second kappa shape index (κ2) is 8.17. The van der Waals surface area contributed by atoms with E-state index in [-0.39, 0.29) is 6.03 Å². The molecule has 0 unspecified atom stereocenters. The van der Waals surface area contributed by atoms with Crippen LogP contribution in [0, 0.1) is 5.92 Å². The fourth-order valence-corrected chi connectivity index (χ4v) is 1.98. The summed E-state index contributed by atoms with van der Waals surface area (Å²) in [5.74, 6) is 0.595. The second-order valence-corrected chi connectivity index (χ2v) is 5.70. The van der Waals surface area contributed by atoms with Crippen LogP contribution in [0.5, 0.6) is 0 Å². The molecule has 2 amide bonds. The topological polar surface area (TPSA) is 71.8 Å². The van der Waals surface area contributed by atoms with Gasteiger partial charge in [0.05, 0.1) is 6.54 Å². The first-order chi connectivity index (χ1) is 10.6. The standard InChI is InChI=1S/C16H23N5O/c1-13(2)7-8-18-16(22)19-9-14-3-5-15(6-4-14)10-21-12-17-11-20-21/h3-6,11-13H,7-10H2,1-2H3,(H2,18,19,22). The van der Waals surface area contributed by atoms with Crippen molar-refractivity contribution in [3.8, 4) is 0 Å². The van der Waals surface area contributed by atoms with E-state index >= 15 is 0 Å². The highest BCUT2D eigenvalue weighted by molar-refractivity contribution is 5.73. The van der Waals surface area contributed by atoms with Gasteiger partial charge in [0.15, 0.2) is 0 Å². The number of nitrogens with one attached hydrogen (secondary N) is 2. The van der Waals surface area contributed by atoms with Crippen LogP contribution in [0.3, 0.4) is 0 Å². The summed E-state index contributed by atoms with van der Waals surface area (Å²) < 4.78 is 1.77. The van der Waals surface area contributed by atoms with Gasteiger partial charge < -0.3 is 10.6 Å². The molecule has 22 heavy (non-hydrogen) atoms. The van der Waals surface area contributed by atoms with Gasteiger partial charge in [-0.15, -0.1) is 0 Å². The zero-order valence-electron chi connectivity index (χ0n) is 13.1. The molecule has 0 saturated carbocycles. The third-order valence-corrected chi connectivity index (χ3v) is 3.29. The summed E-state index contributed by atoms with van der Waals surface area (Å²) in [4.78, 5) is 15.6. The Morgan fingerprint density at radius 3 is 2.55 bits per heavy atom. The molecular weight excluding hydrogens is 278 g/mol. The van der Waals surface area contributed by atoms with Gasteiger partial charge in [0.2, 0.25) is 0 Å². The van der Waals surface area contributed by atoms with Crippen LogP contribution in [0.25, 0.3) is 0 Å². The van der Waals surface area contributed by atoms with Crippen molar-refractivity contribution in [1.82, 2.24) is 25.4 Å². The smallest absolute Gasteiger partial charge is 0.315 e. The molecule has 1 heterocycles. The van der Waals surface area contributed by atoms with Gasteiger partial charge in [-0.2, -0.15) is 5.10 Å². The Morgan fingerprint density at radius 2 is 1.91 bits per heavy atom. The molecule has 0 fully saturated rings. The van der Waals surface area contributed by atoms with Gasteiger partial charge in [-0.25, -0.2) is 14.5 Å². The number of benzene rings is 1. The summed E-state index contributed by atoms with van der Waals surface area (Å²) in [7, 11) is 0. The van der Waals surface area contributed by atoms with Crippen LogP contribution in [0.15, 0.2) is 36.9 Å². The molecule has 2 aromatic rings. The number of hydrogen-bond donors (Lipinski definition) is 2. The molecule has 1 aromatic carbocycles. The van der Waals surface area contributed by atoms with Crippen molar-refractivity contribution in [3.63, 3.8) is 0 Å². The van der Waals surface area contributed by atoms with Crippen molar-refractivity contribution in [2.45, 2.75) is 33.4 Å². The quantitative estimate of drug-likeness (QED) is 0.823. The largest absolute Gasteiger partial charge is 0.338 e. The van der Waals surface area contributed by atoms with Gasteiger partial charge in [-0.3, -0.25) is 0 Å². The number of hydrogen-bond acceptors (Lipinski definition) is 3. The number of urea groups is 1. The zero-order chi connectivity index (χ0) is 15.8. The minimum Gasteiger partial charge on any atom is -0.338 e. The van der Waals surface area contributed by atoms with Gasteiger partial charge in [-0.05, 0) is 23.5 Å². The van der Waals surface area contributed by atoms with E-state index in [1.54, 1.807) is 11.0 Å². The average Bonchev–Trinajstić information content (AvgIpc) is 2.99. The minimum absolute atomic E-state index is 0.118. The molecule has 0 aliphatic carbocycles. The minimum atomic E-state index is -0.118. The molecule has 0 aliphatic rings. The van der Waals surface area contributed by atoms with Gasteiger partial charge in [0.25, 0.3) is 0 Å². The molecular formula is C16H23N5O. The van der Waals surface area contributed by atoms with Crippen LogP contribution >= 0.6 is 0 Å². The maximum atomic E-state index is 11.6. The third kappa shape index (κ3) is 5.55. The summed E-state index contributed by atoms with van der Waals surface area (Å²) in [5, 5.41) is 9.79. The average molecular weight is 301 g/mol. The van der Waals surface area contributed by atoms with Crippen molar-refractivity contribution in [2.75, 3.05) is 6.54 Å². The Bertz CT molecular complexity index is 563. The first-order valence-electron chi connectivity index (χ1n) is 7.55. The van der Waals surface area contributed by atoms with Crippen LogP contribution < -0.4 is 10.6 Å². The maximum absolute atomic E-state index is 11.6. The molecule has 6 heteroatoms. The first kappa shape index (κ1) is 16.0.